The quantitative estimate of drug-likeness (QED) is 0.369. The third-order valence-electron chi connectivity index (χ3n) is 4.82. The number of carbonyl (C=O) groups excluding carboxylic acids is 2. The summed E-state index contributed by atoms with van der Waals surface area (Å²) in [6, 6.07) is 15.9. The third-order valence-corrected chi connectivity index (χ3v) is 5.12. The molecule has 4 rings (SSSR count). The van der Waals surface area contributed by atoms with Gasteiger partial charge in [-0.1, -0.05) is 23.7 Å². The fraction of sp³-hybridized carbons (Fsp3) is 0.160. The molecular weight excluding hydrogens is 442 g/mol. The monoisotopic (exact) mass is 463 g/mol. The minimum Gasteiger partial charge on any atom is -0.466 e. The Hall–Kier alpha value is -3.84. The molecule has 4 aromatic rings. The average molecular weight is 464 g/mol. The molecule has 0 saturated carbocycles. The Morgan fingerprint density at radius 2 is 1.85 bits per heavy atom. The highest BCUT2D eigenvalue weighted by Crippen LogP contribution is 2.31. The molecule has 1 N–H and O–H groups in total. The number of rotatable bonds is 7. The minimum atomic E-state index is -0.307. The molecule has 0 spiro atoms. The van der Waals surface area contributed by atoms with Gasteiger partial charge in [0, 0.05) is 18.1 Å². The van der Waals surface area contributed by atoms with Crippen LogP contribution in [0.15, 0.2) is 67.0 Å². The fourth-order valence-electron chi connectivity index (χ4n) is 3.26. The van der Waals surface area contributed by atoms with Gasteiger partial charge >= 0.3 is 5.97 Å². The van der Waals surface area contributed by atoms with Gasteiger partial charge in [0.25, 0.3) is 5.91 Å². The lowest BCUT2D eigenvalue weighted by Gasteiger charge is -2.10. The summed E-state index contributed by atoms with van der Waals surface area (Å²) in [4.78, 5) is 28.5. The van der Waals surface area contributed by atoms with E-state index < -0.39 is 0 Å². The lowest BCUT2D eigenvalue weighted by atomic mass is 10.1. The molecule has 7 nitrogen and oxygen atoms in total. The Labute approximate surface area is 195 Å². The summed E-state index contributed by atoms with van der Waals surface area (Å²) < 4.78 is 12.6. The molecule has 168 valence electrons. The number of fused-ring (bicyclic) bond motifs is 1. The topological polar surface area (TPSA) is 81.9 Å². The van der Waals surface area contributed by atoms with Gasteiger partial charge in [-0.25, -0.2) is 4.98 Å². The van der Waals surface area contributed by atoms with Crippen LogP contribution in [0.25, 0.3) is 5.65 Å². The van der Waals surface area contributed by atoms with E-state index in [1.165, 1.54) is 0 Å². The first kappa shape index (κ1) is 22.4. The van der Waals surface area contributed by atoms with Crippen LogP contribution < -0.4 is 10.1 Å². The number of ether oxygens (including phenoxy) is 2. The van der Waals surface area contributed by atoms with E-state index in [0.717, 1.165) is 11.1 Å². The van der Waals surface area contributed by atoms with Crippen molar-refractivity contribution in [2.45, 2.75) is 20.3 Å². The van der Waals surface area contributed by atoms with Gasteiger partial charge in [-0.2, -0.15) is 0 Å². The van der Waals surface area contributed by atoms with Gasteiger partial charge < -0.3 is 19.2 Å². The molecule has 0 unspecified atom stereocenters. The molecule has 2 aromatic heterocycles. The predicted molar refractivity (Wildman–Crippen MR) is 126 cm³/mol. The van der Waals surface area contributed by atoms with E-state index in [4.69, 9.17) is 21.1 Å². The number of aryl methyl sites for hydroxylation is 1. The van der Waals surface area contributed by atoms with Gasteiger partial charge in [0.15, 0.2) is 0 Å². The van der Waals surface area contributed by atoms with Crippen molar-refractivity contribution in [1.82, 2.24) is 9.38 Å². The average Bonchev–Trinajstić information content (AvgIpc) is 3.20. The second kappa shape index (κ2) is 9.75. The number of esters is 1. The van der Waals surface area contributed by atoms with E-state index in [-0.39, 0.29) is 18.3 Å². The molecule has 0 atom stereocenters. The van der Waals surface area contributed by atoms with E-state index in [0.29, 0.717) is 40.2 Å². The van der Waals surface area contributed by atoms with Gasteiger partial charge in [0.05, 0.1) is 18.1 Å². The maximum absolute atomic E-state index is 12.6. The molecule has 33 heavy (non-hydrogen) atoms. The number of anilines is 1. The van der Waals surface area contributed by atoms with Gasteiger partial charge in [-0.05, 0) is 67.4 Å². The highest BCUT2D eigenvalue weighted by atomic mass is 35.5. The molecule has 0 aliphatic rings. The number of hydrogen-bond acceptors (Lipinski definition) is 5. The van der Waals surface area contributed by atoms with Crippen molar-refractivity contribution in [2.24, 2.45) is 0 Å². The van der Waals surface area contributed by atoms with Crippen LogP contribution in [0.3, 0.4) is 0 Å². The number of nitrogens with zero attached hydrogens (tertiary/aromatic N) is 2. The highest BCUT2D eigenvalue weighted by Gasteiger charge is 2.12. The van der Waals surface area contributed by atoms with Gasteiger partial charge in [0.2, 0.25) is 0 Å². The molecule has 0 aliphatic carbocycles. The number of pyridine rings is 1. The molecule has 2 aromatic carbocycles. The summed E-state index contributed by atoms with van der Waals surface area (Å²) in [5.74, 6) is 0.404. The SMILES string of the molecule is CCOC(=O)Cc1ccc(Oc2ccc(NC(=O)c3cn4cc(C)ccc4n3)cc2)c(Cl)c1. The molecule has 2 heterocycles. The minimum absolute atomic E-state index is 0.147. The van der Waals surface area contributed by atoms with Crippen LogP contribution in [0.5, 0.6) is 11.5 Å². The summed E-state index contributed by atoms with van der Waals surface area (Å²) >= 11 is 6.31. The van der Waals surface area contributed by atoms with E-state index in [1.54, 1.807) is 55.6 Å². The Balaban J connectivity index is 1.39. The first-order valence-corrected chi connectivity index (χ1v) is 10.8. The molecule has 8 heteroatoms. The van der Waals surface area contributed by atoms with Crippen molar-refractivity contribution in [3.8, 4) is 11.5 Å². The Kier molecular flexibility index (Phi) is 6.60. The Morgan fingerprint density at radius 3 is 2.58 bits per heavy atom. The summed E-state index contributed by atoms with van der Waals surface area (Å²) in [5.41, 5.74) is 3.47. The summed E-state index contributed by atoms with van der Waals surface area (Å²) in [6.07, 6.45) is 3.76. The zero-order valence-corrected chi connectivity index (χ0v) is 18.9. The number of imidazole rings is 1. The second-order valence-electron chi connectivity index (χ2n) is 7.43. The van der Waals surface area contributed by atoms with E-state index in [2.05, 4.69) is 10.3 Å². The summed E-state index contributed by atoms with van der Waals surface area (Å²) in [7, 11) is 0. The standard InChI is InChI=1S/C25H22ClN3O4/c1-3-32-24(30)13-17-5-10-22(20(26)12-17)33-19-8-6-18(7-9-19)27-25(31)21-15-29-14-16(2)4-11-23(29)28-21/h4-12,14-15H,3,13H2,1-2H3,(H,27,31). The van der Waals surface area contributed by atoms with Crippen LogP contribution in [-0.2, 0) is 16.0 Å². The molecule has 0 saturated heterocycles. The van der Waals surface area contributed by atoms with Gasteiger partial charge in [0.1, 0.15) is 22.8 Å². The van der Waals surface area contributed by atoms with Crippen molar-refractivity contribution >= 4 is 34.8 Å². The summed E-state index contributed by atoms with van der Waals surface area (Å²) in [5, 5.41) is 3.22. The van der Waals surface area contributed by atoms with Crippen molar-refractivity contribution in [2.75, 3.05) is 11.9 Å². The molecule has 1 amide bonds. The predicted octanol–water partition coefficient (Wildman–Crippen LogP) is 5.45. The van der Waals surface area contributed by atoms with Crippen LogP contribution in [0.4, 0.5) is 5.69 Å². The molecule has 0 bridgehead atoms. The van der Waals surface area contributed by atoms with E-state index >= 15 is 0 Å². The Morgan fingerprint density at radius 1 is 1.06 bits per heavy atom. The van der Waals surface area contributed by atoms with Gasteiger partial charge in [-0.3, -0.25) is 9.59 Å². The van der Waals surface area contributed by atoms with Crippen LogP contribution in [0.2, 0.25) is 5.02 Å². The number of carbonyl (C=O) groups is 2. The number of nitrogens with one attached hydrogen (secondary N) is 1. The largest absolute Gasteiger partial charge is 0.466 e. The number of halogens is 1. The molecule has 0 fully saturated rings. The number of aromatic nitrogens is 2. The van der Waals surface area contributed by atoms with Crippen LogP contribution in [-0.4, -0.2) is 27.9 Å². The highest BCUT2D eigenvalue weighted by molar-refractivity contribution is 6.32. The summed E-state index contributed by atoms with van der Waals surface area (Å²) in [6.45, 7) is 4.08. The first-order chi connectivity index (χ1) is 15.9. The van der Waals surface area contributed by atoms with E-state index in [9.17, 15) is 9.59 Å². The second-order valence-corrected chi connectivity index (χ2v) is 7.83. The van der Waals surface area contributed by atoms with Crippen molar-refractivity contribution in [3.05, 3.63) is 88.8 Å². The lowest BCUT2D eigenvalue weighted by Crippen LogP contribution is -2.12. The molecule has 0 radical (unpaired) electrons. The maximum atomic E-state index is 12.6. The van der Waals surface area contributed by atoms with Crippen LogP contribution in [0.1, 0.15) is 28.5 Å². The van der Waals surface area contributed by atoms with Crippen molar-refractivity contribution < 1.29 is 19.1 Å². The number of benzene rings is 2. The van der Waals surface area contributed by atoms with Crippen molar-refractivity contribution in [3.63, 3.8) is 0 Å². The van der Waals surface area contributed by atoms with Gasteiger partial charge in [-0.15, -0.1) is 0 Å². The first-order valence-electron chi connectivity index (χ1n) is 10.4. The molecule has 0 aliphatic heterocycles. The van der Waals surface area contributed by atoms with Crippen LogP contribution >= 0.6 is 11.6 Å². The lowest BCUT2D eigenvalue weighted by molar-refractivity contribution is -0.142. The Bertz CT molecular complexity index is 1320. The number of amides is 1. The fourth-order valence-corrected chi connectivity index (χ4v) is 3.50. The maximum Gasteiger partial charge on any atom is 0.310 e. The zero-order valence-electron chi connectivity index (χ0n) is 18.2. The van der Waals surface area contributed by atoms with Crippen molar-refractivity contribution in [1.29, 1.82) is 0 Å². The van der Waals surface area contributed by atoms with Crippen LogP contribution in [0, 0.1) is 6.92 Å². The van der Waals surface area contributed by atoms with E-state index in [1.807, 2.05) is 29.7 Å². The third kappa shape index (κ3) is 5.51. The number of hydrogen-bond donors (Lipinski definition) is 1. The smallest absolute Gasteiger partial charge is 0.310 e. The zero-order chi connectivity index (χ0) is 23.4. The normalized spacial score (nSPS) is 10.8. The molecular formula is C25H22ClN3O4.